The molecule has 4 atom stereocenters. The fourth-order valence-corrected chi connectivity index (χ4v) is 5.33. The van der Waals surface area contributed by atoms with Crippen molar-refractivity contribution in [2.24, 2.45) is 29.1 Å². The molecule has 0 heteroatoms. The first-order valence-electron chi connectivity index (χ1n) is 14.7. The van der Waals surface area contributed by atoms with Gasteiger partial charge in [0.1, 0.15) is 0 Å². The molecule has 0 saturated heterocycles. The van der Waals surface area contributed by atoms with E-state index >= 15 is 0 Å². The minimum atomic E-state index is 0.430. The van der Waals surface area contributed by atoms with Gasteiger partial charge in [0.2, 0.25) is 0 Å². The van der Waals surface area contributed by atoms with Gasteiger partial charge in [-0.15, -0.1) is 6.58 Å². The SMILES string of the molecule is C=C(C)CC(C)CCC(C)(CC)C/C=C/C(C)C/C(C)=C/C=C/CCCCC(C)C(CC)CC. The van der Waals surface area contributed by atoms with E-state index in [9.17, 15) is 0 Å². The van der Waals surface area contributed by atoms with Crippen molar-refractivity contribution in [1.82, 2.24) is 0 Å². The normalized spacial score (nSPS) is 17.4. The molecule has 0 aromatic carbocycles. The summed E-state index contributed by atoms with van der Waals surface area (Å²) in [6, 6.07) is 0. The number of allylic oxidation sites excluding steroid dienone is 7. The van der Waals surface area contributed by atoms with E-state index in [-0.39, 0.29) is 0 Å². The number of rotatable bonds is 20. The zero-order chi connectivity index (χ0) is 26.0. The summed E-state index contributed by atoms with van der Waals surface area (Å²) in [4.78, 5) is 0. The fraction of sp³-hybridized carbons (Fsp3) is 0.765. The van der Waals surface area contributed by atoms with Crippen LogP contribution >= 0.6 is 0 Å². The first-order valence-corrected chi connectivity index (χ1v) is 14.7. The molecule has 0 bridgehead atoms. The highest BCUT2D eigenvalue weighted by atomic mass is 14.3. The molecule has 0 amide bonds. The first-order chi connectivity index (χ1) is 16.1. The predicted molar refractivity (Wildman–Crippen MR) is 158 cm³/mol. The van der Waals surface area contributed by atoms with Crippen molar-refractivity contribution in [2.75, 3.05) is 0 Å². The summed E-state index contributed by atoms with van der Waals surface area (Å²) in [5, 5.41) is 0. The van der Waals surface area contributed by atoms with E-state index in [0.29, 0.717) is 11.3 Å². The maximum atomic E-state index is 4.08. The average molecular weight is 471 g/mol. The molecule has 0 rings (SSSR count). The smallest absolute Gasteiger partial charge is 0.0225 e. The summed E-state index contributed by atoms with van der Waals surface area (Å²) in [7, 11) is 0. The standard InChI is InChI=1S/C34H62/c1-11-33(12-2)32(9)22-18-16-14-15-17-20-29(6)27-30(7)21-19-24-34(10,13-3)25-23-31(8)26-28(4)5/h15,17,19-21,30-33H,4,11-14,16,18,22-27H2,1-3,5-10H3/b17-15+,21-19+,29-20+. The number of unbranched alkanes of at least 4 members (excludes halogenated alkanes) is 2. The van der Waals surface area contributed by atoms with Gasteiger partial charge >= 0.3 is 0 Å². The average Bonchev–Trinajstić information content (AvgIpc) is 2.77. The molecular weight excluding hydrogens is 408 g/mol. The monoisotopic (exact) mass is 470 g/mol. The van der Waals surface area contributed by atoms with Crippen LogP contribution in [0.25, 0.3) is 0 Å². The minimum Gasteiger partial charge on any atom is -0.100 e. The fourth-order valence-electron chi connectivity index (χ4n) is 5.33. The largest absolute Gasteiger partial charge is 0.100 e. The lowest BCUT2D eigenvalue weighted by molar-refractivity contribution is 0.259. The van der Waals surface area contributed by atoms with Crippen LogP contribution in [0.15, 0.2) is 48.1 Å². The third kappa shape index (κ3) is 16.6. The van der Waals surface area contributed by atoms with E-state index in [1.807, 2.05) is 0 Å². The van der Waals surface area contributed by atoms with Crippen LogP contribution in [0.1, 0.15) is 139 Å². The second kappa shape index (κ2) is 19.2. The molecule has 4 unspecified atom stereocenters. The van der Waals surface area contributed by atoms with E-state index in [4.69, 9.17) is 0 Å². The molecule has 0 nitrogen and oxygen atoms in total. The maximum Gasteiger partial charge on any atom is -0.0225 e. The molecule has 0 aliphatic carbocycles. The molecule has 0 aliphatic heterocycles. The van der Waals surface area contributed by atoms with Crippen LogP contribution in [0.5, 0.6) is 0 Å². The maximum absolute atomic E-state index is 4.08. The molecule has 0 spiro atoms. The third-order valence-corrected chi connectivity index (χ3v) is 8.16. The summed E-state index contributed by atoms with van der Waals surface area (Å²) < 4.78 is 0. The van der Waals surface area contributed by atoms with E-state index in [1.54, 1.807) is 0 Å². The summed E-state index contributed by atoms with van der Waals surface area (Å²) in [5.74, 6) is 3.17. The van der Waals surface area contributed by atoms with Crippen molar-refractivity contribution in [3.8, 4) is 0 Å². The van der Waals surface area contributed by atoms with Gasteiger partial charge in [0.25, 0.3) is 0 Å². The van der Waals surface area contributed by atoms with Crippen LogP contribution in [0.3, 0.4) is 0 Å². The van der Waals surface area contributed by atoms with Gasteiger partial charge in [-0.2, -0.15) is 0 Å². The molecule has 0 N–H and O–H groups in total. The van der Waals surface area contributed by atoms with Gasteiger partial charge in [-0.05, 0) is 87.9 Å². The van der Waals surface area contributed by atoms with Gasteiger partial charge in [-0.3, -0.25) is 0 Å². The van der Waals surface area contributed by atoms with Crippen molar-refractivity contribution in [3.63, 3.8) is 0 Å². The Morgan fingerprint density at radius 1 is 0.912 bits per heavy atom. The van der Waals surface area contributed by atoms with Crippen molar-refractivity contribution >= 4 is 0 Å². The Morgan fingerprint density at radius 2 is 1.59 bits per heavy atom. The topological polar surface area (TPSA) is 0 Å². The Bertz CT molecular complexity index is 600. The molecule has 0 radical (unpaired) electrons. The molecule has 198 valence electrons. The molecule has 0 saturated carbocycles. The highest BCUT2D eigenvalue weighted by Crippen LogP contribution is 2.34. The number of hydrogen-bond donors (Lipinski definition) is 0. The first kappa shape index (κ1) is 33.0. The van der Waals surface area contributed by atoms with E-state index in [0.717, 1.165) is 24.2 Å². The Morgan fingerprint density at radius 3 is 2.18 bits per heavy atom. The lowest BCUT2D eigenvalue weighted by Gasteiger charge is -2.28. The van der Waals surface area contributed by atoms with Crippen LogP contribution in [-0.4, -0.2) is 0 Å². The lowest BCUT2D eigenvalue weighted by atomic mass is 9.77. The number of hydrogen-bond acceptors (Lipinski definition) is 0. The molecule has 0 aromatic rings. The summed E-state index contributed by atoms with van der Waals surface area (Å²) in [6.45, 7) is 25.2. The van der Waals surface area contributed by atoms with Gasteiger partial charge < -0.3 is 0 Å². The summed E-state index contributed by atoms with van der Waals surface area (Å²) >= 11 is 0. The van der Waals surface area contributed by atoms with E-state index in [1.165, 1.54) is 81.8 Å². The second-order valence-electron chi connectivity index (χ2n) is 12.1. The van der Waals surface area contributed by atoms with Crippen LogP contribution in [0.2, 0.25) is 0 Å². The molecule has 0 aromatic heterocycles. The van der Waals surface area contributed by atoms with Crippen molar-refractivity contribution in [1.29, 1.82) is 0 Å². The highest BCUT2D eigenvalue weighted by molar-refractivity contribution is 5.12. The van der Waals surface area contributed by atoms with E-state index in [2.05, 4.69) is 99.3 Å². The Balaban J connectivity index is 4.29. The van der Waals surface area contributed by atoms with Gasteiger partial charge in [0.05, 0.1) is 0 Å². The van der Waals surface area contributed by atoms with Crippen LogP contribution in [-0.2, 0) is 0 Å². The van der Waals surface area contributed by atoms with Gasteiger partial charge in [-0.25, -0.2) is 0 Å². The molecular formula is C34H62. The molecule has 0 fully saturated rings. The van der Waals surface area contributed by atoms with Crippen molar-refractivity contribution in [3.05, 3.63) is 48.1 Å². The quantitative estimate of drug-likeness (QED) is 0.0942. The lowest BCUT2D eigenvalue weighted by Crippen LogP contribution is -2.15. The Labute approximate surface area is 216 Å². The van der Waals surface area contributed by atoms with Crippen LogP contribution in [0.4, 0.5) is 0 Å². The summed E-state index contributed by atoms with van der Waals surface area (Å²) in [6.07, 6.45) is 27.3. The second-order valence-corrected chi connectivity index (χ2v) is 12.1. The highest BCUT2D eigenvalue weighted by Gasteiger charge is 2.21. The van der Waals surface area contributed by atoms with Gasteiger partial charge in [0, 0.05) is 0 Å². The van der Waals surface area contributed by atoms with E-state index < -0.39 is 0 Å². The molecule has 0 aliphatic rings. The van der Waals surface area contributed by atoms with Gasteiger partial charge in [-0.1, -0.05) is 122 Å². The Hall–Kier alpha value is -1.04. The van der Waals surface area contributed by atoms with Crippen molar-refractivity contribution in [2.45, 2.75) is 139 Å². The van der Waals surface area contributed by atoms with Crippen molar-refractivity contribution < 1.29 is 0 Å². The minimum absolute atomic E-state index is 0.430. The third-order valence-electron chi connectivity index (χ3n) is 8.16. The van der Waals surface area contributed by atoms with Crippen LogP contribution in [0, 0.1) is 29.1 Å². The predicted octanol–water partition coefficient (Wildman–Crippen LogP) is 11.9. The van der Waals surface area contributed by atoms with Crippen LogP contribution < -0.4 is 0 Å². The van der Waals surface area contributed by atoms with Gasteiger partial charge in [0.15, 0.2) is 0 Å². The zero-order valence-corrected chi connectivity index (χ0v) is 24.9. The summed E-state index contributed by atoms with van der Waals surface area (Å²) in [5.41, 5.74) is 3.24. The molecule has 34 heavy (non-hydrogen) atoms. The zero-order valence-electron chi connectivity index (χ0n) is 24.9. The molecule has 0 heterocycles. The Kier molecular flexibility index (Phi) is 18.6.